The van der Waals surface area contributed by atoms with E-state index in [1.807, 2.05) is 18.2 Å². The quantitative estimate of drug-likeness (QED) is 0.889. The molecule has 1 fully saturated rings. The number of rotatable bonds is 5. The number of hydrogen-bond donors (Lipinski definition) is 2. The third kappa shape index (κ3) is 4.20. The molecule has 124 valence electrons. The number of benzene rings is 2. The van der Waals surface area contributed by atoms with Gasteiger partial charge < -0.3 is 15.4 Å². The van der Waals surface area contributed by atoms with Crippen LogP contribution in [-0.2, 0) is 4.74 Å². The zero-order chi connectivity index (χ0) is 16.8. The van der Waals surface area contributed by atoms with E-state index in [0.29, 0.717) is 23.4 Å². The maximum atomic E-state index is 12.1. The molecule has 1 aliphatic heterocycles. The van der Waals surface area contributed by atoms with Gasteiger partial charge in [-0.1, -0.05) is 18.2 Å². The fraction of sp³-hybridized carbons (Fsp3) is 0.263. The van der Waals surface area contributed by atoms with Crippen LogP contribution in [0.2, 0.25) is 0 Å². The first-order valence-electron chi connectivity index (χ1n) is 8.08. The number of amides is 2. The second-order valence-electron chi connectivity index (χ2n) is 5.74. The molecule has 2 aromatic rings. The lowest BCUT2D eigenvalue weighted by Gasteiger charge is -2.11. The lowest BCUT2D eigenvalue weighted by Crippen LogP contribution is -2.31. The van der Waals surface area contributed by atoms with E-state index in [-0.39, 0.29) is 17.9 Å². The predicted octanol–water partition coefficient (Wildman–Crippen LogP) is 2.85. The van der Waals surface area contributed by atoms with Gasteiger partial charge in [-0.25, -0.2) is 0 Å². The van der Waals surface area contributed by atoms with E-state index >= 15 is 0 Å². The highest BCUT2D eigenvalue weighted by atomic mass is 16.5. The predicted molar refractivity (Wildman–Crippen MR) is 92.1 cm³/mol. The van der Waals surface area contributed by atoms with Crippen LogP contribution in [0.1, 0.15) is 33.6 Å². The summed E-state index contributed by atoms with van der Waals surface area (Å²) in [5.41, 5.74) is 1.81. The van der Waals surface area contributed by atoms with Gasteiger partial charge >= 0.3 is 0 Å². The van der Waals surface area contributed by atoms with Gasteiger partial charge in [0.15, 0.2) is 0 Å². The molecule has 0 aromatic heterocycles. The lowest BCUT2D eigenvalue weighted by molar-refractivity contribution is 0.0857. The Labute approximate surface area is 141 Å². The summed E-state index contributed by atoms with van der Waals surface area (Å²) >= 11 is 0. The van der Waals surface area contributed by atoms with E-state index < -0.39 is 0 Å². The van der Waals surface area contributed by atoms with E-state index in [9.17, 15) is 9.59 Å². The second kappa shape index (κ2) is 7.75. The van der Waals surface area contributed by atoms with Gasteiger partial charge in [-0.05, 0) is 49.2 Å². The summed E-state index contributed by atoms with van der Waals surface area (Å²) < 4.78 is 5.48. The molecular weight excluding hydrogens is 304 g/mol. The molecule has 2 amide bonds. The van der Waals surface area contributed by atoms with E-state index in [2.05, 4.69) is 10.6 Å². The van der Waals surface area contributed by atoms with Crippen molar-refractivity contribution in [2.45, 2.75) is 18.9 Å². The SMILES string of the molecule is O=C(NC[C@@H]1CCCO1)c1ccc(NC(=O)c2ccccc2)cc1. The van der Waals surface area contributed by atoms with Crippen molar-refractivity contribution in [2.24, 2.45) is 0 Å². The van der Waals surface area contributed by atoms with Crippen LogP contribution in [0.3, 0.4) is 0 Å². The maximum Gasteiger partial charge on any atom is 0.255 e. The number of carbonyl (C=O) groups is 2. The Balaban J connectivity index is 1.54. The van der Waals surface area contributed by atoms with E-state index in [1.165, 1.54) is 0 Å². The van der Waals surface area contributed by atoms with Crippen LogP contribution in [0.5, 0.6) is 0 Å². The van der Waals surface area contributed by atoms with Crippen LogP contribution in [0.15, 0.2) is 54.6 Å². The number of nitrogens with one attached hydrogen (secondary N) is 2. The smallest absolute Gasteiger partial charge is 0.255 e. The number of carbonyl (C=O) groups excluding carboxylic acids is 2. The van der Waals surface area contributed by atoms with Crippen molar-refractivity contribution >= 4 is 17.5 Å². The minimum Gasteiger partial charge on any atom is -0.376 e. The molecule has 5 heteroatoms. The summed E-state index contributed by atoms with van der Waals surface area (Å²) in [6, 6.07) is 15.8. The molecule has 0 bridgehead atoms. The van der Waals surface area contributed by atoms with Gasteiger partial charge in [0.05, 0.1) is 6.10 Å². The van der Waals surface area contributed by atoms with Crippen LogP contribution in [0, 0.1) is 0 Å². The van der Waals surface area contributed by atoms with Crippen molar-refractivity contribution in [3.05, 3.63) is 65.7 Å². The fourth-order valence-corrected chi connectivity index (χ4v) is 2.61. The van der Waals surface area contributed by atoms with E-state index in [1.54, 1.807) is 36.4 Å². The highest BCUT2D eigenvalue weighted by Crippen LogP contribution is 2.13. The zero-order valence-corrected chi connectivity index (χ0v) is 13.3. The van der Waals surface area contributed by atoms with Gasteiger partial charge in [-0.3, -0.25) is 9.59 Å². The Hall–Kier alpha value is -2.66. The maximum absolute atomic E-state index is 12.1. The third-order valence-electron chi connectivity index (χ3n) is 3.96. The minimum atomic E-state index is -0.175. The van der Waals surface area contributed by atoms with Crippen molar-refractivity contribution in [3.63, 3.8) is 0 Å². The second-order valence-corrected chi connectivity index (χ2v) is 5.74. The molecule has 0 radical (unpaired) electrons. The van der Waals surface area contributed by atoms with Crippen molar-refractivity contribution in [1.29, 1.82) is 0 Å². The molecule has 0 spiro atoms. The largest absolute Gasteiger partial charge is 0.376 e. The summed E-state index contributed by atoms with van der Waals surface area (Å²) in [6.07, 6.45) is 2.17. The van der Waals surface area contributed by atoms with Crippen molar-refractivity contribution in [1.82, 2.24) is 5.32 Å². The Bertz CT molecular complexity index is 692. The Morgan fingerprint density at radius 1 is 0.958 bits per heavy atom. The molecule has 0 aliphatic carbocycles. The topological polar surface area (TPSA) is 67.4 Å². The Morgan fingerprint density at radius 3 is 2.33 bits per heavy atom. The zero-order valence-electron chi connectivity index (χ0n) is 13.3. The van der Waals surface area contributed by atoms with E-state index in [0.717, 1.165) is 19.4 Å². The van der Waals surface area contributed by atoms with Gasteiger partial charge in [0.2, 0.25) is 0 Å². The van der Waals surface area contributed by atoms with Crippen molar-refractivity contribution < 1.29 is 14.3 Å². The van der Waals surface area contributed by atoms with E-state index in [4.69, 9.17) is 4.74 Å². The van der Waals surface area contributed by atoms with Crippen LogP contribution < -0.4 is 10.6 Å². The molecular formula is C19H20N2O3. The molecule has 2 aromatic carbocycles. The average molecular weight is 324 g/mol. The van der Waals surface area contributed by atoms with Crippen LogP contribution in [0.4, 0.5) is 5.69 Å². The minimum absolute atomic E-state index is 0.124. The third-order valence-corrected chi connectivity index (χ3v) is 3.96. The Morgan fingerprint density at radius 2 is 1.67 bits per heavy atom. The summed E-state index contributed by atoms with van der Waals surface area (Å²) in [7, 11) is 0. The molecule has 1 aliphatic rings. The highest BCUT2D eigenvalue weighted by Gasteiger charge is 2.16. The molecule has 1 heterocycles. The molecule has 3 rings (SSSR count). The van der Waals surface area contributed by atoms with Crippen LogP contribution >= 0.6 is 0 Å². The molecule has 1 atom stereocenters. The lowest BCUT2D eigenvalue weighted by atomic mass is 10.1. The number of hydrogen-bond acceptors (Lipinski definition) is 3. The summed E-state index contributed by atoms with van der Waals surface area (Å²) in [5, 5.41) is 5.69. The molecule has 5 nitrogen and oxygen atoms in total. The first-order chi connectivity index (χ1) is 11.7. The van der Waals surface area contributed by atoms with Gasteiger partial charge in [0.1, 0.15) is 0 Å². The normalized spacial score (nSPS) is 16.6. The molecule has 1 saturated heterocycles. The molecule has 0 saturated carbocycles. The first kappa shape index (κ1) is 16.2. The number of anilines is 1. The highest BCUT2D eigenvalue weighted by molar-refractivity contribution is 6.04. The van der Waals surface area contributed by atoms with Gasteiger partial charge in [0, 0.05) is 30.0 Å². The summed E-state index contributed by atoms with van der Waals surface area (Å²) in [4.78, 5) is 24.2. The van der Waals surface area contributed by atoms with Crippen molar-refractivity contribution in [3.8, 4) is 0 Å². The average Bonchev–Trinajstić information content (AvgIpc) is 3.14. The van der Waals surface area contributed by atoms with Gasteiger partial charge in [-0.2, -0.15) is 0 Å². The van der Waals surface area contributed by atoms with Crippen molar-refractivity contribution in [2.75, 3.05) is 18.5 Å². The molecule has 2 N–H and O–H groups in total. The molecule has 24 heavy (non-hydrogen) atoms. The van der Waals surface area contributed by atoms with Gasteiger partial charge in [0.25, 0.3) is 11.8 Å². The summed E-state index contributed by atoms with van der Waals surface area (Å²) in [6.45, 7) is 1.31. The number of ether oxygens (including phenoxy) is 1. The van der Waals surface area contributed by atoms with Crippen LogP contribution in [-0.4, -0.2) is 31.1 Å². The first-order valence-corrected chi connectivity index (χ1v) is 8.08. The van der Waals surface area contributed by atoms with Gasteiger partial charge in [-0.15, -0.1) is 0 Å². The standard InChI is InChI=1S/C19H20N2O3/c22-18(20-13-17-7-4-12-24-17)15-8-10-16(11-9-15)21-19(23)14-5-2-1-3-6-14/h1-3,5-6,8-11,17H,4,7,12-13H2,(H,20,22)(H,21,23)/t17-/m0/s1. The molecule has 0 unspecified atom stereocenters. The summed E-state index contributed by atoms with van der Waals surface area (Å²) in [5.74, 6) is -0.308. The monoisotopic (exact) mass is 324 g/mol. The fourth-order valence-electron chi connectivity index (χ4n) is 2.61. The van der Waals surface area contributed by atoms with Crippen LogP contribution in [0.25, 0.3) is 0 Å². The Kier molecular flexibility index (Phi) is 5.23.